The minimum atomic E-state index is -0.355. The van der Waals surface area contributed by atoms with E-state index in [4.69, 9.17) is 26.4 Å². The van der Waals surface area contributed by atoms with Crippen molar-refractivity contribution in [1.29, 1.82) is 0 Å². The van der Waals surface area contributed by atoms with Crippen LogP contribution in [0.1, 0.15) is 10.4 Å². The molecule has 0 unspecified atom stereocenters. The number of anilines is 1. The maximum absolute atomic E-state index is 12.2. The first kappa shape index (κ1) is 18.2. The number of ether oxygens (including phenoxy) is 3. The molecule has 0 saturated carbocycles. The summed E-state index contributed by atoms with van der Waals surface area (Å²) in [7, 11) is 4.47. The zero-order valence-corrected chi connectivity index (χ0v) is 14.4. The lowest BCUT2D eigenvalue weighted by Crippen LogP contribution is -2.12. The van der Waals surface area contributed by atoms with Crippen LogP contribution in [-0.4, -0.2) is 37.4 Å². The Hall–Kier alpha value is -1.84. The van der Waals surface area contributed by atoms with E-state index in [1.807, 2.05) is 0 Å². The van der Waals surface area contributed by atoms with Crippen LogP contribution in [-0.2, 0) is 0 Å². The molecule has 7 nitrogen and oxygen atoms in total. The molecule has 0 saturated heterocycles. The van der Waals surface area contributed by atoms with Gasteiger partial charge in [0.15, 0.2) is 15.5 Å². The molecule has 120 valence electrons. The number of methoxy groups -OCH3 is 3. The van der Waals surface area contributed by atoms with Crippen LogP contribution in [0.4, 0.5) is 5.13 Å². The van der Waals surface area contributed by atoms with Gasteiger partial charge < -0.3 is 14.2 Å². The normalized spacial score (nSPS) is 9.59. The van der Waals surface area contributed by atoms with E-state index in [9.17, 15) is 4.79 Å². The van der Waals surface area contributed by atoms with E-state index in [-0.39, 0.29) is 18.3 Å². The SMILES string of the molecule is COc1cc(C(=O)Nc2n[nH]c(=S)s2)cc(OC)c1OC.Cl. The number of carbonyl (C=O) groups excluding carboxylic acids is 1. The highest BCUT2D eigenvalue weighted by Gasteiger charge is 2.17. The van der Waals surface area contributed by atoms with Gasteiger partial charge in [-0.05, 0) is 24.4 Å². The lowest BCUT2D eigenvalue weighted by molar-refractivity contribution is 0.102. The molecule has 2 rings (SSSR count). The monoisotopic (exact) mass is 363 g/mol. The van der Waals surface area contributed by atoms with E-state index in [2.05, 4.69) is 15.5 Å². The van der Waals surface area contributed by atoms with Crippen LogP contribution in [0.3, 0.4) is 0 Å². The Kier molecular flexibility index (Phi) is 6.60. The summed E-state index contributed by atoms with van der Waals surface area (Å²) >= 11 is 6.07. The highest BCUT2D eigenvalue weighted by Crippen LogP contribution is 2.38. The van der Waals surface area contributed by atoms with Gasteiger partial charge >= 0.3 is 0 Å². The summed E-state index contributed by atoms with van der Waals surface area (Å²) in [6.45, 7) is 0. The second-order valence-corrected chi connectivity index (χ2v) is 5.45. The minimum Gasteiger partial charge on any atom is -0.493 e. The first-order chi connectivity index (χ1) is 10.1. The Labute approximate surface area is 142 Å². The number of aromatic nitrogens is 2. The van der Waals surface area contributed by atoms with Crippen LogP contribution in [0, 0.1) is 3.95 Å². The van der Waals surface area contributed by atoms with Gasteiger partial charge in [0.05, 0.1) is 21.3 Å². The van der Waals surface area contributed by atoms with Gasteiger partial charge in [0.25, 0.3) is 5.91 Å². The van der Waals surface area contributed by atoms with Crippen molar-refractivity contribution in [2.24, 2.45) is 0 Å². The second kappa shape index (κ2) is 7.97. The van der Waals surface area contributed by atoms with Gasteiger partial charge in [-0.2, -0.15) is 0 Å². The van der Waals surface area contributed by atoms with E-state index in [0.29, 0.717) is 31.9 Å². The van der Waals surface area contributed by atoms with Crippen molar-refractivity contribution in [3.8, 4) is 17.2 Å². The highest BCUT2D eigenvalue weighted by molar-refractivity contribution is 7.73. The molecule has 0 fully saturated rings. The van der Waals surface area contributed by atoms with E-state index in [1.165, 1.54) is 32.7 Å². The standard InChI is InChI=1S/C12H13N3O4S2.ClH/c1-17-7-4-6(5-8(18-2)9(7)19-3)10(16)13-11-14-15-12(20)21-11;/h4-5H,1-3H3,(H,15,20)(H,13,14,16);1H. The summed E-state index contributed by atoms with van der Waals surface area (Å²) in [4.78, 5) is 12.2. The summed E-state index contributed by atoms with van der Waals surface area (Å²) in [6.07, 6.45) is 0. The van der Waals surface area contributed by atoms with E-state index in [0.717, 1.165) is 0 Å². The van der Waals surface area contributed by atoms with Gasteiger partial charge in [-0.15, -0.1) is 17.5 Å². The van der Waals surface area contributed by atoms with Crippen molar-refractivity contribution in [2.75, 3.05) is 26.6 Å². The minimum absolute atomic E-state index is 0. The van der Waals surface area contributed by atoms with Crippen molar-refractivity contribution in [1.82, 2.24) is 10.2 Å². The lowest BCUT2D eigenvalue weighted by Gasteiger charge is -2.13. The molecule has 10 heteroatoms. The Morgan fingerprint density at radius 2 is 1.82 bits per heavy atom. The number of nitrogens with zero attached hydrogens (tertiary/aromatic N) is 1. The number of rotatable bonds is 5. The predicted molar refractivity (Wildman–Crippen MR) is 88.6 cm³/mol. The molecule has 1 heterocycles. The molecule has 1 aromatic heterocycles. The number of aromatic amines is 1. The molecule has 0 radical (unpaired) electrons. The first-order valence-electron chi connectivity index (χ1n) is 5.76. The van der Waals surface area contributed by atoms with Crippen molar-refractivity contribution in [3.63, 3.8) is 0 Å². The maximum Gasteiger partial charge on any atom is 0.257 e. The van der Waals surface area contributed by atoms with Crippen LogP contribution in [0.2, 0.25) is 0 Å². The van der Waals surface area contributed by atoms with Gasteiger partial charge in [0.1, 0.15) is 0 Å². The number of H-pyrrole nitrogens is 1. The van der Waals surface area contributed by atoms with Crippen molar-refractivity contribution in [3.05, 3.63) is 21.7 Å². The predicted octanol–water partition coefficient (Wildman–Crippen LogP) is 2.90. The third-order valence-corrected chi connectivity index (χ3v) is 3.59. The Balaban J connectivity index is 0.00000242. The zero-order valence-electron chi connectivity index (χ0n) is 12.0. The zero-order chi connectivity index (χ0) is 15.4. The maximum atomic E-state index is 12.2. The van der Waals surface area contributed by atoms with Gasteiger partial charge in [0.2, 0.25) is 10.9 Å². The van der Waals surface area contributed by atoms with E-state index in [1.54, 1.807) is 12.1 Å². The van der Waals surface area contributed by atoms with Crippen molar-refractivity contribution >= 4 is 47.0 Å². The van der Waals surface area contributed by atoms with E-state index >= 15 is 0 Å². The molecule has 0 aliphatic heterocycles. The molecule has 0 bridgehead atoms. The summed E-state index contributed by atoms with van der Waals surface area (Å²) in [5.74, 6) is 0.868. The molecule has 1 aromatic carbocycles. The van der Waals surface area contributed by atoms with Crippen LogP contribution in [0.15, 0.2) is 12.1 Å². The third kappa shape index (κ3) is 3.87. The van der Waals surface area contributed by atoms with Gasteiger partial charge in [-0.1, -0.05) is 11.3 Å². The number of halogens is 1. The molecule has 2 N–H and O–H groups in total. The molecule has 0 aliphatic rings. The number of hydrogen-bond acceptors (Lipinski definition) is 7. The third-order valence-electron chi connectivity index (χ3n) is 2.59. The van der Waals surface area contributed by atoms with Crippen molar-refractivity contribution < 1.29 is 19.0 Å². The Morgan fingerprint density at radius 1 is 1.23 bits per heavy atom. The average Bonchev–Trinajstić information content (AvgIpc) is 2.90. The number of benzene rings is 1. The van der Waals surface area contributed by atoms with Crippen LogP contribution in [0.5, 0.6) is 17.2 Å². The molecular weight excluding hydrogens is 350 g/mol. The fourth-order valence-corrected chi connectivity index (χ4v) is 2.45. The molecule has 0 atom stereocenters. The quantitative estimate of drug-likeness (QED) is 0.794. The topological polar surface area (TPSA) is 85.5 Å². The molecule has 2 aromatic rings. The number of amides is 1. The van der Waals surface area contributed by atoms with Gasteiger partial charge in [0, 0.05) is 5.56 Å². The summed E-state index contributed by atoms with van der Waals surface area (Å²) < 4.78 is 16.1. The van der Waals surface area contributed by atoms with Crippen LogP contribution >= 0.6 is 36.0 Å². The van der Waals surface area contributed by atoms with Crippen LogP contribution < -0.4 is 19.5 Å². The van der Waals surface area contributed by atoms with Gasteiger partial charge in [-0.3, -0.25) is 15.2 Å². The number of carbonyl (C=O) groups is 1. The Bertz CT molecular complexity index is 691. The smallest absolute Gasteiger partial charge is 0.257 e. The highest BCUT2D eigenvalue weighted by atomic mass is 35.5. The van der Waals surface area contributed by atoms with E-state index < -0.39 is 0 Å². The summed E-state index contributed by atoms with van der Waals surface area (Å²) in [5.41, 5.74) is 0.352. The molecule has 22 heavy (non-hydrogen) atoms. The fourth-order valence-electron chi connectivity index (χ4n) is 1.66. The summed E-state index contributed by atoms with van der Waals surface area (Å²) in [5, 5.41) is 9.48. The number of hydrogen-bond donors (Lipinski definition) is 2. The van der Waals surface area contributed by atoms with Gasteiger partial charge in [-0.25, -0.2) is 0 Å². The van der Waals surface area contributed by atoms with Crippen molar-refractivity contribution in [2.45, 2.75) is 0 Å². The molecule has 1 amide bonds. The second-order valence-electron chi connectivity index (χ2n) is 3.79. The molecule has 0 aliphatic carbocycles. The fraction of sp³-hybridized carbons (Fsp3) is 0.250. The Morgan fingerprint density at radius 3 is 2.23 bits per heavy atom. The first-order valence-corrected chi connectivity index (χ1v) is 6.98. The largest absolute Gasteiger partial charge is 0.493 e. The average molecular weight is 364 g/mol. The van der Waals surface area contributed by atoms with Crippen LogP contribution in [0.25, 0.3) is 0 Å². The molecule has 0 spiro atoms. The summed E-state index contributed by atoms with van der Waals surface area (Å²) in [6, 6.07) is 3.12. The molecular formula is C12H14ClN3O4S2. The number of nitrogens with one attached hydrogen (secondary N) is 2. The lowest BCUT2D eigenvalue weighted by atomic mass is 10.1.